The number of hydrogen-bond acceptors (Lipinski definition) is 4. The van der Waals surface area contributed by atoms with E-state index in [2.05, 4.69) is 30.4 Å². The second-order valence-corrected chi connectivity index (χ2v) is 5.56. The Bertz CT molecular complexity index is 609. The quantitative estimate of drug-likeness (QED) is 0.918. The van der Waals surface area contributed by atoms with Gasteiger partial charge in [-0.1, -0.05) is 18.2 Å². The molecule has 3 rings (SSSR count). The fourth-order valence-electron chi connectivity index (χ4n) is 2.82. The van der Waals surface area contributed by atoms with Crippen molar-refractivity contribution < 1.29 is 9.47 Å². The molecular weight excluding hydrogens is 264 g/mol. The van der Waals surface area contributed by atoms with E-state index in [0.717, 1.165) is 41.9 Å². The van der Waals surface area contributed by atoms with Crippen LogP contribution in [0.15, 0.2) is 30.3 Å². The molecule has 4 heteroatoms. The summed E-state index contributed by atoms with van der Waals surface area (Å²) in [4.78, 5) is 4.72. The number of ether oxygens (including phenoxy) is 2. The standard InChI is InChI=1S/C17H22N2O2/c1-12(15-7-4-10-21-15)18-11-14-9-8-13-5-3-6-16(20-2)17(13)19-14/h3,5-6,8-9,12,15,18H,4,7,10-11H2,1-2H3. The molecule has 4 nitrogen and oxygen atoms in total. The molecule has 1 N–H and O–H groups in total. The average Bonchev–Trinajstić information content (AvgIpc) is 3.06. The summed E-state index contributed by atoms with van der Waals surface area (Å²) >= 11 is 0. The Morgan fingerprint density at radius 2 is 2.29 bits per heavy atom. The lowest BCUT2D eigenvalue weighted by atomic mass is 10.1. The molecule has 0 spiro atoms. The lowest BCUT2D eigenvalue weighted by molar-refractivity contribution is 0.0831. The van der Waals surface area contributed by atoms with Crippen LogP contribution < -0.4 is 10.1 Å². The highest BCUT2D eigenvalue weighted by Crippen LogP contribution is 2.23. The summed E-state index contributed by atoms with van der Waals surface area (Å²) in [6.45, 7) is 3.81. The molecule has 0 radical (unpaired) electrons. The summed E-state index contributed by atoms with van der Waals surface area (Å²) in [5.41, 5.74) is 1.95. The van der Waals surface area contributed by atoms with Gasteiger partial charge in [-0.15, -0.1) is 0 Å². The zero-order valence-corrected chi connectivity index (χ0v) is 12.6. The van der Waals surface area contributed by atoms with Gasteiger partial charge >= 0.3 is 0 Å². The molecular formula is C17H22N2O2. The van der Waals surface area contributed by atoms with Crippen molar-refractivity contribution in [3.8, 4) is 5.75 Å². The molecule has 1 aromatic heterocycles. The Morgan fingerprint density at radius 1 is 1.38 bits per heavy atom. The van der Waals surface area contributed by atoms with Crippen LogP contribution in [0.2, 0.25) is 0 Å². The van der Waals surface area contributed by atoms with Crippen LogP contribution in [-0.2, 0) is 11.3 Å². The molecule has 2 heterocycles. The maximum atomic E-state index is 5.71. The number of pyridine rings is 1. The molecule has 1 aliphatic rings. The number of benzene rings is 1. The predicted molar refractivity (Wildman–Crippen MR) is 83.6 cm³/mol. The highest BCUT2D eigenvalue weighted by atomic mass is 16.5. The maximum Gasteiger partial charge on any atom is 0.145 e. The zero-order chi connectivity index (χ0) is 14.7. The van der Waals surface area contributed by atoms with E-state index in [-0.39, 0.29) is 0 Å². The number of rotatable bonds is 5. The Kier molecular flexibility index (Phi) is 4.36. The molecule has 1 saturated heterocycles. The van der Waals surface area contributed by atoms with Crippen LogP contribution in [0.5, 0.6) is 5.75 Å². The maximum absolute atomic E-state index is 5.71. The number of para-hydroxylation sites is 1. The van der Waals surface area contributed by atoms with Crippen LogP contribution in [0, 0.1) is 0 Å². The van der Waals surface area contributed by atoms with E-state index in [1.165, 1.54) is 6.42 Å². The summed E-state index contributed by atoms with van der Waals surface area (Å²) < 4.78 is 11.1. The fraction of sp³-hybridized carbons (Fsp3) is 0.471. The van der Waals surface area contributed by atoms with E-state index in [1.807, 2.05) is 12.1 Å². The Morgan fingerprint density at radius 3 is 3.05 bits per heavy atom. The van der Waals surface area contributed by atoms with Crippen LogP contribution in [0.4, 0.5) is 0 Å². The van der Waals surface area contributed by atoms with Gasteiger partial charge in [0.05, 0.1) is 18.9 Å². The SMILES string of the molecule is COc1cccc2ccc(CNC(C)C3CCCO3)nc12. The van der Waals surface area contributed by atoms with Crippen molar-refractivity contribution in [1.29, 1.82) is 0 Å². The van der Waals surface area contributed by atoms with Gasteiger partial charge in [-0.05, 0) is 31.9 Å². The summed E-state index contributed by atoms with van der Waals surface area (Å²) in [5.74, 6) is 0.821. The van der Waals surface area contributed by atoms with Crippen LogP contribution >= 0.6 is 0 Å². The van der Waals surface area contributed by atoms with E-state index in [1.54, 1.807) is 7.11 Å². The smallest absolute Gasteiger partial charge is 0.145 e. The summed E-state index contributed by atoms with van der Waals surface area (Å²) in [6, 6.07) is 10.5. The highest BCUT2D eigenvalue weighted by Gasteiger charge is 2.21. The average molecular weight is 286 g/mol. The highest BCUT2D eigenvalue weighted by molar-refractivity contribution is 5.84. The number of methoxy groups -OCH3 is 1. The minimum Gasteiger partial charge on any atom is -0.494 e. The van der Waals surface area contributed by atoms with Gasteiger partial charge < -0.3 is 14.8 Å². The van der Waals surface area contributed by atoms with Crippen LogP contribution in [0.3, 0.4) is 0 Å². The molecule has 0 aliphatic carbocycles. The van der Waals surface area contributed by atoms with Gasteiger partial charge in [0.15, 0.2) is 0 Å². The van der Waals surface area contributed by atoms with Crippen molar-refractivity contribution in [2.75, 3.05) is 13.7 Å². The minimum atomic E-state index is 0.333. The first kappa shape index (κ1) is 14.3. The van der Waals surface area contributed by atoms with Gasteiger partial charge in [0.1, 0.15) is 11.3 Å². The minimum absolute atomic E-state index is 0.333. The summed E-state index contributed by atoms with van der Waals surface area (Å²) in [7, 11) is 1.68. The van der Waals surface area contributed by atoms with Crippen molar-refractivity contribution >= 4 is 10.9 Å². The van der Waals surface area contributed by atoms with E-state index in [9.17, 15) is 0 Å². The first-order valence-corrected chi connectivity index (χ1v) is 7.55. The molecule has 1 aromatic carbocycles. The van der Waals surface area contributed by atoms with Crippen LogP contribution in [0.1, 0.15) is 25.5 Å². The molecule has 112 valence electrons. The third-order valence-corrected chi connectivity index (χ3v) is 4.09. The first-order chi connectivity index (χ1) is 10.3. The van der Waals surface area contributed by atoms with Crippen molar-refractivity contribution in [3.63, 3.8) is 0 Å². The predicted octanol–water partition coefficient (Wildman–Crippen LogP) is 2.90. The molecule has 2 aromatic rings. The lowest BCUT2D eigenvalue weighted by Crippen LogP contribution is -2.36. The monoisotopic (exact) mass is 286 g/mol. The van der Waals surface area contributed by atoms with Gasteiger partial charge in [-0.3, -0.25) is 0 Å². The molecule has 0 saturated carbocycles. The van der Waals surface area contributed by atoms with Crippen molar-refractivity contribution in [3.05, 3.63) is 36.0 Å². The molecule has 0 amide bonds. The molecule has 1 fully saturated rings. The fourth-order valence-corrected chi connectivity index (χ4v) is 2.82. The summed E-state index contributed by atoms with van der Waals surface area (Å²) in [5, 5.41) is 4.62. The second-order valence-electron chi connectivity index (χ2n) is 5.56. The van der Waals surface area contributed by atoms with Crippen LogP contribution in [0.25, 0.3) is 10.9 Å². The van der Waals surface area contributed by atoms with Crippen molar-refractivity contribution in [2.24, 2.45) is 0 Å². The number of hydrogen-bond donors (Lipinski definition) is 1. The summed E-state index contributed by atoms with van der Waals surface area (Å²) in [6.07, 6.45) is 2.65. The Balaban J connectivity index is 1.72. The van der Waals surface area contributed by atoms with Gasteiger partial charge in [-0.2, -0.15) is 0 Å². The second kappa shape index (κ2) is 6.41. The molecule has 2 atom stereocenters. The number of nitrogens with one attached hydrogen (secondary N) is 1. The molecule has 1 aliphatic heterocycles. The lowest BCUT2D eigenvalue weighted by Gasteiger charge is -2.20. The van der Waals surface area contributed by atoms with E-state index < -0.39 is 0 Å². The molecule has 2 unspecified atom stereocenters. The number of nitrogens with zero attached hydrogens (tertiary/aromatic N) is 1. The van der Waals surface area contributed by atoms with Gasteiger partial charge in [-0.25, -0.2) is 4.98 Å². The first-order valence-electron chi connectivity index (χ1n) is 7.55. The van der Waals surface area contributed by atoms with E-state index >= 15 is 0 Å². The third-order valence-electron chi connectivity index (χ3n) is 4.09. The largest absolute Gasteiger partial charge is 0.494 e. The Labute approximate surface area is 125 Å². The number of aromatic nitrogens is 1. The van der Waals surface area contributed by atoms with Crippen molar-refractivity contribution in [2.45, 2.75) is 38.5 Å². The Hall–Kier alpha value is -1.65. The topological polar surface area (TPSA) is 43.4 Å². The van der Waals surface area contributed by atoms with Gasteiger partial charge in [0.25, 0.3) is 0 Å². The van der Waals surface area contributed by atoms with Crippen LogP contribution in [-0.4, -0.2) is 30.8 Å². The molecule has 21 heavy (non-hydrogen) atoms. The van der Waals surface area contributed by atoms with Gasteiger partial charge in [0, 0.05) is 24.6 Å². The van der Waals surface area contributed by atoms with Gasteiger partial charge in [0.2, 0.25) is 0 Å². The van der Waals surface area contributed by atoms with E-state index in [4.69, 9.17) is 14.5 Å². The number of fused-ring (bicyclic) bond motifs is 1. The normalized spacial score (nSPS) is 19.8. The third kappa shape index (κ3) is 3.17. The van der Waals surface area contributed by atoms with E-state index in [0.29, 0.717) is 12.1 Å². The zero-order valence-electron chi connectivity index (χ0n) is 12.6. The molecule has 0 bridgehead atoms. The van der Waals surface area contributed by atoms with Crippen molar-refractivity contribution in [1.82, 2.24) is 10.3 Å².